The van der Waals surface area contributed by atoms with Crippen LogP contribution < -0.4 is 14.2 Å². The summed E-state index contributed by atoms with van der Waals surface area (Å²) >= 11 is 0. The van der Waals surface area contributed by atoms with Gasteiger partial charge in [-0.05, 0) is 48.9 Å². The lowest BCUT2D eigenvalue weighted by molar-refractivity contribution is -0.165. The lowest BCUT2D eigenvalue weighted by atomic mass is 9.62. The Hall–Kier alpha value is -3.22. The zero-order valence-electron chi connectivity index (χ0n) is 19.6. The molecule has 1 aliphatic heterocycles. The Bertz CT molecular complexity index is 1110. The lowest BCUT2D eigenvalue weighted by Gasteiger charge is -2.46. The molecule has 7 heteroatoms. The number of carboxylic acid groups (broad SMARTS) is 1. The summed E-state index contributed by atoms with van der Waals surface area (Å²) in [5, 5.41) is 10.2. The second-order valence-corrected chi connectivity index (χ2v) is 9.54. The van der Waals surface area contributed by atoms with Crippen LogP contribution >= 0.6 is 0 Å². The van der Waals surface area contributed by atoms with Gasteiger partial charge in [0.05, 0.1) is 19.8 Å². The molecule has 0 radical (unpaired) electrons. The average Bonchev–Trinajstić information content (AvgIpc) is 3.15. The fraction of sp³-hybridized carbons (Fsp3) is 0.481. The SMILES string of the molecule is COc1ccc(-c2cccc3c2COC3=O)c(OC(CC2CCC2)C2(C(=O)O)CCC2)c1OC. The fourth-order valence-electron chi connectivity index (χ4n) is 5.42. The minimum absolute atomic E-state index is 0.183. The summed E-state index contributed by atoms with van der Waals surface area (Å²) in [5.41, 5.74) is 1.95. The van der Waals surface area contributed by atoms with E-state index in [2.05, 4.69) is 0 Å². The monoisotopic (exact) mass is 466 g/mol. The number of benzene rings is 2. The van der Waals surface area contributed by atoms with Gasteiger partial charge in [-0.3, -0.25) is 4.79 Å². The second kappa shape index (κ2) is 8.85. The Morgan fingerprint density at radius 2 is 1.82 bits per heavy atom. The molecule has 0 spiro atoms. The maximum absolute atomic E-state index is 12.5. The molecule has 2 aromatic carbocycles. The molecule has 1 heterocycles. The molecule has 1 N–H and O–H groups in total. The van der Waals surface area contributed by atoms with Crippen LogP contribution in [-0.4, -0.2) is 37.4 Å². The van der Waals surface area contributed by atoms with E-state index in [-0.39, 0.29) is 12.6 Å². The van der Waals surface area contributed by atoms with Crippen molar-refractivity contribution in [2.75, 3.05) is 14.2 Å². The van der Waals surface area contributed by atoms with Crippen LogP contribution in [0, 0.1) is 11.3 Å². The Morgan fingerprint density at radius 1 is 1.06 bits per heavy atom. The summed E-state index contributed by atoms with van der Waals surface area (Å²) in [6.45, 7) is 0.183. The molecule has 0 amide bonds. The highest BCUT2D eigenvalue weighted by atomic mass is 16.5. The first-order valence-corrected chi connectivity index (χ1v) is 11.9. The molecule has 2 fully saturated rings. The number of aliphatic carboxylic acids is 1. The molecule has 0 bridgehead atoms. The number of methoxy groups -OCH3 is 2. The van der Waals surface area contributed by atoms with Gasteiger partial charge in [0.1, 0.15) is 18.1 Å². The molecule has 3 aliphatic rings. The smallest absolute Gasteiger partial charge is 0.338 e. The maximum Gasteiger partial charge on any atom is 0.338 e. The number of carbonyl (C=O) groups is 2. The van der Waals surface area contributed by atoms with Crippen LogP contribution in [0.25, 0.3) is 11.1 Å². The van der Waals surface area contributed by atoms with Gasteiger partial charge in [-0.1, -0.05) is 37.8 Å². The Morgan fingerprint density at radius 3 is 2.41 bits per heavy atom. The van der Waals surface area contributed by atoms with Crippen molar-refractivity contribution < 1.29 is 33.6 Å². The van der Waals surface area contributed by atoms with E-state index in [0.717, 1.165) is 36.0 Å². The minimum atomic E-state index is -0.904. The van der Waals surface area contributed by atoms with Crippen molar-refractivity contribution in [3.8, 4) is 28.4 Å². The second-order valence-electron chi connectivity index (χ2n) is 9.54. The summed E-state index contributed by atoms with van der Waals surface area (Å²) in [5.74, 6) is 0.691. The van der Waals surface area contributed by atoms with Gasteiger partial charge < -0.3 is 24.1 Å². The number of hydrogen-bond acceptors (Lipinski definition) is 6. The molecule has 2 aromatic rings. The normalized spacial score (nSPS) is 19.3. The quantitative estimate of drug-likeness (QED) is 0.506. The summed E-state index contributed by atoms with van der Waals surface area (Å²) in [6.07, 6.45) is 5.67. The third-order valence-electron chi connectivity index (χ3n) is 7.85. The molecule has 5 rings (SSSR count). The van der Waals surface area contributed by atoms with Crippen LogP contribution in [0.2, 0.25) is 0 Å². The van der Waals surface area contributed by atoms with Crippen molar-refractivity contribution in [2.45, 2.75) is 57.7 Å². The van der Waals surface area contributed by atoms with E-state index in [0.29, 0.717) is 48.0 Å². The molecule has 34 heavy (non-hydrogen) atoms. The van der Waals surface area contributed by atoms with Crippen molar-refractivity contribution in [3.05, 3.63) is 41.5 Å². The van der Waals surface area contributed by atoms with Crippen LogP contribution in [0.5, 0.6) is 17.2 Å². The first kappa shape index (κ1) is 22.6. The van der Waals surface area contributed by atoms with Gasteiger partial charge in [-0.15, -0.1) is 0 Å². The first-order valence-electron chi connectivity index (χ1n) is 11.9. The van der Waals surface area contributed by atoms with Crippen molar-refractivity contribution in [2.24, 2.45) is 11.3 Å². The molecule has 1 unspecified atom stereocenters. The zero-order chi connectivity index (χ0) is 23.9. The van der Waals surface area contributed by atoms with Crippen LogP contribution in [0.1, 0.15) is 60.9 Å². The van der Waals surface area contributed by atoms with Crippen molar-refractivity contribution in [1.82, 2.24) is 0 Å². The standard InChI is InChI=1S/C27H30O7/c1-31-21-11-10-18(17-8-4-9-19-20(17)15-33-25(19)28)23(24(21)32-2)34-22(14-16-6-3-7-16)27(26(29)30)12-5-13-27/h4,8-11,16,22H,3,5-7,12-15H2,1-2H3,(H,29,30). The van der Waals surface area contributed by atoms with Gasteiger partial charge in [-0.25, -0.2) is 4.79 Å². The van der Waals surface area contributed by atoms with Crippen LogP contribution in [0.3, 0.4) is 0 Å². The maximum atomic E-state index is 12.5. The Labute approximate surface area is 199 Å². The third kappa shape index (κ3) is 3.58. The third-order valence-corrected chi connectivity index (χ3v) is 7.85. The fourth-order valence-corrected chi connectivity index (χ4v) is 5.42. The number of cyclic esters (lactones) is 1. The number of carboxylic acids is 1. The van der Waals surface area contributed by atoms with E-state index in [9.17, 15) is 14.7 Å². The Balaban J connectivity index is 1.63. The molecule has 0 saturated heterocycles. The number of ether oxygens (including phenoxy) is 4. The molecule has 1 atom stereocenters. The Kier molecular flexibility index (Phi) is 5.88. The van der Waals surface area contributed by atoms with Gasteiger partial charge in [0.15, 0.2) is 11.5 Å². The molecule has 7 nitrogen and oxygen atoms in total. The van der Waals surface area contributed by atoms with Crippen molar-refractivity contribution in [3.63, 3.8) is 0 Å². The highest BCUT2D eigenvalue weighted by Crippen LogP contribution is 2.53. The number of rotatable bonds is 9. The minimum Gasteiger partial charge on any atom is -0.493 e. The zero-order valence-corrected chi connectivity index (χ0v) is 19.6. The lowest BCUT2D eigenvalue weighted by Crippen LogP contribution is -2.51. The topological polar surface area (TPSA) is 91.3 Å². The number of fused-ring (bicyclic) bond motifs is 1. The van der Waals surface area contributed by atoms with E-state index >= 15 is 0 Å². The van der Waals surface area contributed by atoms with Gasteiger partial charge in [0, 0.05) is 11.1 Å². The van der Waals surface area contributed by atoms with E-state index in [1.807, 2.05) is 18.2 Å². The highest BCUT2D eigenvalue weighted by Gasteiger charge is 2.53. The van der Waals surface area contributed by atoms with Gasteiger partial charge in [0.25, 0.3) is 0 Å². The van der Waals surface area contributed by atoms with E-state index in [4.69, 9.17) is 18.9 Å². The summed E-state index contributed by atoms with van der Waals surface area (Å²) in [4.78, 5) is 24.6. The predicted octanol–water partition coefficient (Wildman–Crippen LogP) is 5.23. The van der Waals surface area contributed by atoms with Gasteiger partial charge in [-0.2, -0.15) is 0 Å². The predicted molar refractivity (Wildman–Crippen MR) is 124 cm³/mol. The highest BCUT2D eigenvalue weighted by molar-refractivity contribution is 5.96. The number of hydrogen-bond donors (Lipinski definition) is 1. The summed E-state index contributed by atoms with van der Waals surface area (Å²) in [7, 11) is 3.11. The molecule has 180 valence electrons. The average molecular weight is 467 g/mol. The van der Waals surface area contributed by atoms with Crippen LogP contribution in [-0.2, 0) is 16.1 Å². The van der Waals surface area contributed by atoms with Crippen molar-refractivity contribution in [1.29, 1.82) is 0 Å². The first-order chi connectivity index (χ1) is 16.5. The summed E-state index contributed by atoms with van der Waals surface area (Å²) < 4.78 is 23.3. The van der Waals surface area contributed by atoms with Crippen LogP contribution in [0.15, 0.2) is 30.3 Å². The van der Waals surface area contributed by atoms with E-state index in [1.54, 1.807) is 26.4 Å². The summed E-state index contributed by atoms with van der Waals surface area (Å²) in [6, 6.07) is 9.17. The molecular weight excluding hydrogens is 436 g/mol. The van der Waals surface area contributed by atoms with E-state index in [1.165, 1.54) is 6.42 Å². The molecule has 2 aliphatic carbocycles. The van der Waals surface area contributed by atoms with E-state index < -0.39 is 17.5 Å². The number of carbonyl (C=O) groups excluding carboxylic acids is 1. The van der Waals surface area contributed by atoms with Gasteiger partial charge in [0.2, 0.25) is 5.75 Å². The molecule has 0 aromatic heterocycles. The van der Waals surface area contributed by atoms with Gasteiger partial charge >= 0.3 is 11.9 Å². The molecule has 2 saturated carbocycles. The van der Waals surface area contributed by atoms with Crippen molar-refractivity contribution >= 4 is 11.9 Å². The largest absolute Gasteiger partial charge is 0.493 e. The number of esters is 1. The van der Waals surface area contributed by atoms with Crippen LogP contribution in [0.4, 0.5) is 0 Å². The molecular formula is C27H30O7.